The minimum atomic E-state index is -1.84. The first kappa shape index (κ1) is 17.7. The van der Waals surface area contributed by atoms with Crippen molar-refractivity contribution >= 4 is 11.8 Å². The maximum Gasteiger partial charge on any atom is 0.264 e. The largest absolute Gasteiger partial charge is 0.372 e. The molecule has 0 atom stereocenters. The van der Waals surface area contributed by atoms with Gasteiger partial charge < -0.3 is 14.9 Å². The van der Waals surface area contributed by atoms with Crippen molar-refractivity contribution in [1.82, 2.24) is 9.80 Å². The van der Waals surface area contributed by atoms with Crippen molar-refractivity contribution < 1.29 is 14.7 Å². The Morgan fingerprint density at radius 2 is 1.29 bits per heavy atom. The first-order valence-corrected chi connectivity index (χ1v) is 7.66. The van der Waals surface area contributed by atoms with Crippen molar-refractivity contribution in [1.29, 1.82) is 0 Å². The summed E-state index contributed by atoms with van der Waals surface area (Å²) in [4.78, 5) is 27.6. The molecular formula is C19H22N2O3. The molecule has 126 valence electrons. The molecule has 2 aromatic carbocycles. The Labute approximate surface area is 142 Å². The van der Waals surface area contributed by atoms with E-state index in [1.54, 1.807) is 62.6 Å². The Kier molecular flexibility index (Phi) is 5.36. The molecule has 0 radical (unpaired) electrons. The zero-order valence-electron chi connectivity index (χ0n) is 14.1. The minimum Gasteiger partial charge on any atom is -0.372 e. The molecule has 0 aliphatic heterocycles. The summed E-state index contributed by atoms with van der Waals surface area (Å²) in [5, 5.41) is 11.3. The fourth-order valence-corrected chi connectivity index (χ4v) is 2.46. The van der Waals surface area contributed by atoms with Gasteiger partial charge in [0, 0.05) is 21.1 Å². The molecule has 0 aromatic heterocycles. The summed E-state index contributed by atoms with van der Waals surface area (Å²) >= 11 is 0. The van der Waals surface area contributed by atoms with Crippen LogP contribution in [0.4, 0.5) is 0 Å². The zero-order chi connectivity index (χ0) is 17.7. The first-order valence-electron chi connectivity index (χ1n) is 7.66. The van der Waals surface area contributed by atoms with E-state index in [4.69, 9.17) is 0 Å². The molecule has 0 spiro atoms. The summed E-state index contributed by atoms with van der Waals surface area (Å²) in [5.41, 5.74) is -0.917. The average Bonchev–Trinajstić information content (AvgIpc) is 2.61. The van der Waals surface area contributed by atoms with E-state index in [1.165, 1.54) is 16.8 Å². The van der Waals surface area contributed by atoms with Gasteiger partial charge >= 0.3 is 0 Å². The third-order valence-corrected chi connectivity index (χ3v) is 3.91. The number of hydrogen-bond acceptors (Lipinski definition) is 3. The highest BCUT2D eigenvalue weighted by Gasteiger charge is 2.42. The van der Waals surface area contributed by atoms with Gasteiger partial charge in [-0.2, -0.15) is 0 Å². The topological polar surface area (TPSA) is 60.9 Å². The van der Waals surface area contributed by atoms with Gasteiger partial charge in [-0.15, -0.1) is 0 Å². The third kappa shape index (κ3) is 3.46. The summed E-state index contributed by atoms with van der Waals surface area (Å²) in [6.07, 6.45) is 0. The van der Waals surface area contributed by atoms with Crippen LogP contribution in [-0.4, -0.2) is 54.4 Å². The molecule has 5 heteroatoms. The summed E-state index contributed by atoms with van der Waals surface area (Å²) in [6, 6.07) is 17.5. The number of amides is 2. The number of hydrogen-bond donors (Lipinski definition) is 1. The van der Waals surface area contributed by atoms with Crippen molar-refractivity contribution in [3.8, 4) is 0 Å². The van der Waals surface area contributed by atoms with Crippen molar-refractivity contribution in [2.75, 3.05) is 27.7 Å². The Bertz CT molecular complexity index is 660. The van der Waals surface area contributed by atoms with Crippen molar-refractivity contribution in [3.05, 3.63) is 71.8 Å². The number of nitrogens with zero attached hydrogens (tertiary/aromatic N) is 2. The SMILES string of the molecule is CN(C)C(=O)CN(C)C(=O)C(O)(c1ccccc1)c1ccccc1. The van der Waals surface area contributed by atoms with Gasteiger partial charge in [-0.3, -0.25) is 9.59 Å². The van der Waals surface area contributed by atoms with Crippen molar-refractivity contribution in [3.63, 3.8) is 0 Å². The van der Waals surface area contributed by atoms with Crippen molar-refractivity contribution in [2.24, 2.45) is 0 Å². The van der Waals surface area contributed by atoms with Crippen LogP contribution >= 0.6 is 0 Å². The molecule has 2 rings (SSSR count). The molecule has 1 N–H and O–H groups in total. The second-order valence-corrected chi connectivity index (χ2v) is 5.89. The van der Waals surface area contributed by atoms with Crippen LogP contribution in [0.3, 0.4) is 0 Å². The van der Waals surface area contributed by atoms with Gasteiger partial charge in [0.05, 0.1) is 6.54 Å². The standard InChI is InChI=1S/C19H22N2O3/c1-20(2)17(22)14-21(3)18(23)19(24,15-10-6-4-7-11-15)16-12-8-5-9-13-16/h4-13,24H,14H2,1-3H3. The number of benzene rings is 2. The lowest BCUT2D eigenvalue weighted by Gasteiger charge is -2.32. The normalized spacial score (nSPS) is 11.0. The summed E-state index contributed by atoms with van der Waals surface area (Å²) in [5.74, 6) is -0.760. The molecule has 0 aliphatic carbocycles. The van der Waals surface area contributed by atoms with Crippen LogP contribution in [0.15, 0.2) is 60.7 Å². The van der Waals surface area contributed by atoms with Gasteiger partial charge in [-0.05, 0) is 11.1 Å². The maximum atomic E-state index is 13.0. The predicted octanol–water partition coefficient (Wildman–Crippen LogP) is 1.47. The van der Waals surface area contributed by atoms with Crippen LogP contribution < -0.4 is 0 Å². The fourth-order valence-electron chi connectivity index (χ4n) is 2.46. The number of aliphatic hydroxyl groups is 1. The van der Waals surface area contributed by atoms with Gasteiger partial charge in [-0.1, -0.05) is 60.7 Å². The van der Waals surface area contributed by atoms with Gasteiger partial charge in [0.15, 0.2) is 5.60 Å². The predicted molar refractivity (Wildman–Crippen MR) is 92.2 cm³/mol. The highest BCUT2D eigenvalue weighted by Crippen LogP contribution is 2.31. The molecule has 0 bridgehead atoms. The molecular weight excluding hydrogens is 304 g/mol. The fraction of sp³-hybridized carbons (Fsp3) is 0.263. The molecule has 0 aliphatic rings. The summed E-state index contributed by atoms with van der Waals surface area (Å²) < 4.78 is 0. The molecule has 2 amide bonds. The number of carbonyl (C=O) groups is 2. The van der Waals surface area contributed by atoms with E-state index < -0.39 is 11.5 Å². The van der Waals surface area contributed by atoms with E-state index in [-0.39, 0.29) is 12.5 Å². The Balaban J connectivity index is 2.44. The van der Waals surface area contributed by atoms with E-state index in [0.717, 1.165) is 0 Å². The average molecular weight is 326 g/mol. The van der Waals surface area contributed by atoms with Crippen LogP contribution in [0.2, 0.25) is 0 Å². The van der Waals surface area contributed by atoms with Gasteiger partial charge in [0.2, 0.25) is 5.91 Å². The third-order valence-electron chi connectivity index (χ3n) is 3.91. The molecule has 0 heterocycles. The van der Waals surface area contributed by atoms with E-state index in [2.05, 4.69) is 0 Å². The Hall–Kier alpha value is -2.66. The van der Waals surface area contributed by atoms with E-state index >= 15 is 0 Å². The summed E-state index contributed by atoms with van der Waals surface area (Å²) in [7, 11) is 4.77. The second kappa shape index (κ2) is 7.27. The monoisotopic (exact) mass is 326 g/mol. The lowest BCUT2D eigenvalue weighted by atomic mass is 9.85. The first-order chi connectivity index (χ1) is 11.4. The second-order valence-electron chi connectivity index (χ2n) is 5.89. The quantitative estimate of drug-likeness (QED) is 0.905. The Morgan fingerprint density at radius 1 is 0.875 bits per heavy atom. The number of carbonyl (C=O) groups excluding carboxylic acids is 2. The lowest BCUT2D eigenvalue weighted by molar-refractivity contribution is -0.150. The molecule has 0 fully saturated rings. The van der Waals surface area contributed by atoms with Crippen molar-refractivity contribution in [2.45, 2.75) is 5.60 Å². The molecule has 0 saturated heterocycles. The lowest BCUT2D eigenvalue weighted by Crippen LogP contribution is -2.49. The van der Waals surface area contributed by atoms with Gasteiger partial charge in [0.25, 0.3) is 5.91 Å². The Morgan fingerprint density at radius 3 is 1.67 bits per heavy atom. The van der Waals surface area contributed by atoms with Crippen LogP contribution in [0, 0.1) is 0 Å². The molecule has 24 heavy (non-hydrogen) atoms. The zero-order valence-corrected chi connectivity index (χ0v) is 14.1. The van der Waals surface area contributed by atoms with Crippen LogP contribution in [0.1, 0.15) is 11.1 Å². The highest BCUT2D eigenvalue weighted by atomic mass is 16.3. The van der Waals surface area contributed by atoms with Crippen LogP contribution in [0.5, 0.6) is 0 Å². The maximum absolute atomic E-state index is 13.0. The molecule has 0 unspecified atom stereocenters. The minimum absolute atomic E-state index is 0.103. The number of rotatable bonds is 5. The molecule has 5 nitrogen and oxygen atoms in total. The van der Waals surface area contributed by atoms with Crippen LogP contribution in [0.25, 0.3) is 0 Å². The van der Waals surface area contributed by atoms with E-state index in [9.17, 15) is 14.7 Å². The molecule has 0 saturated carbocycles. The van der Waals surface area contributed by atoms with Gasteiger partial charge in [-0.25, -0.2) is 0 Å². The van der Waals surface area contributed by atoms with Crippen LogP contribution in [-0.2, 0) is 15.2 Å². The highest BCUT2D eigenvalue weighted by molar-refractivity contribution is 5.92. The van der Waals surface area contributed by atoms with Gasteiger partial charge in [0.1, 0.15) is 0 Å². The molecule has 2 aromatic rings. The van der Waals surface area contributed by atoms with E-state index in [0.29, 0.717) is 11.1 Å². The smallest absolute Gasteiger partial charge is 0.264 e. The summed E-state index contributed by atoms with van der Waals surface area (Å²) in [6.45, 7) is -0.103. The van der Waals surface area contributed by atoms with E-state index in [1.807, 2.05) is 12.1 Å². The number of likely N-dealkylation sites (N-methyl/N-ethyl adjacent to an activating group) is 2.